The fraction of sp³-hybridized carbons (Fsp3) is 0.943. The fourth-order valence-corrected chi connectivity index (χ4v) is 12.5. The van der Waals surface area contributed by atoms with Crippen molar-refractivity contribution in [1.82, 2.24) is 0 Å². The molecule has 10 atom stereocenters. The summed E-state index contributed by atoms with van der Waals surface area (Å²) in [5.74, 6) is 2.90. The largest absolute Gasteiger partial charge is 0.481 e. The van der Waals surface area contributed by atoms with Crippen LogP contribution >= 0.6 is 0 Å². The molecule has 0 amide bonds. The lowest BCUT2D eigenvalue weighted by molar-refractivity contribution is -0.251. The van der Waals surface area contributed by atoms with E-state index in [2.05, 4.69) is 62.3 Å². The molecule has 5 aliphatic carbocycles. The van der Waals surface area contributed by atoms with Gasteiger partial charge < -0.3 is 9.84 Å². The lowest BCUT2D eigenvalue weighted by atomic mass is 9.32. The summed E-state index contributed by atoms with van der Waals surface area (Å²) in [7, 11) is 0. The second-order valence-corrected chi connectivity index (χ2v) is 17.0. The van der Waals surface area contributed by atoms with Gasteiger partial charge in [0.2, 0.25) is 0 Å². The Morgan fingerprint density at radius 3 is 2.10 bits per heavy atom. The van der Waals surface area contributed by atoms with Crippen LogP contribution in [0.1, 0.15) is 133 Å². The highest BCUT2D eigenvalue weighted by molar-refractivity contribution is 5.76. The quantitative estimate of drug-likeness (QED) is 0.353. The van der Waals surface area contributed by atoms with Gasteiger partial charge in [0.15, 0.2) is 0 Å². The van der Waals surface area contributed by atoms with E-state index >= 15 is 0 Å². The first-order chi connectivity index (χ1) is 18.0. The van der Waals surface area contributed by atoms with Gasteiger partial charge in [0.25, 0.3) is 0 Å². The molecule has 0 aromatic carbocycles. The summed E-state index contributed by atoms with van der Waals surface area (Å²) in [5.41, 5.74) is 0.129. The number of ether oxygens (including phenoxy) is 1. The van der Waals surface area contributed by atoms with E-state index in [9.17, 15) is 14.7 Å². The summed E-state index contributed by atoms with van der Waals surface area (Å²) in [5, 5.41) is 10.6. The van der Waals surface area contributed by atoms with Crippen LogP contribution in [0.25, 0.3) is 0 Å². The molecule has 0 heterocycles. The Hall–Kier alpha value is -1.06. The Balaban J connectivity index is 1.46. The summed E-state index contributed by atoms with van der Waals surface area (Å²) in [6, 6.07) is 0. The number of hydrogen-bond acceptors (Lipinski definition) is 3. The maximum Gasteiger partial charge on any atom is 0.309 e. The average molecular weight is 543 g/mol. The van der Waals surface area contributed by atoms with Gasteiger partial charge in [-0.2, -0.15) is 0 Å². The van der Waals surface area contributed by atoms with Crippen LogP contribution in [0.3, 0.4) is 0 Å². The van der Waals surface area contributed by atoms with Crippen molar-refractivity contribution in [3.8, 4) is 0 Å². The predicted octanol–water partition coefficient (Wildman–Crippen LogP) is 8.77. The zero-order valence-corrected chi connectivity index (χ0v) is 26.6. The Kier molecular flexibility index (Phi) is 7.16. The van der Waals surface area contributed by atoms with E-state index in [1.54, 1.807) is 0 Å². The van der Waals surface area contributed by atoms with Crippen LogP contribution in [0.5, 0.6) is 0 Å². The number of hydrogen-bond donors (Lipinski definition) is 1. The van der Waals surface area contributed by atoms with Crippen molar-refractivity contribution in [1.29, 1.82) is 0 Å². The topological polar surface area (TPSA) is 63.6 Å². The van der Waals surface area contributed by atoms with Gasteiger partial charge in [-0.3, -0.25) is 9.59 Å². The smallest absolute Gasteiger partial charge is 0.309 e. The molecule has 5 saturated carbocycles. The van der Waals surface area contributed by atoms with Crippen molar-refractivity contribution in [2.75, 3.05) is 0 Å². The van der Waals surface area contributed by atoms with Crippen LogP contribution < -0.4 is 0 Å². The molecule has 4 heteroatoms. The molecule has 0 saturated heterocycles. The molecule has 5 aliphatic rings. The third kappa shape index (κ3) is 4.02. The van der Waals surface area contributed by atoms with Gasteiger partial charge in [-0.05, 0) is 122 Å². The molecule has 222 valence electrons. The third-order valence-electron chi connectivity index (χ3n) is 14.6. The summed E-state index contributed by atoms with van der Waals surface area (Å²) in [4.78, 5) is 25.6. The monoisotopic (exact) mass is 542 g/mol. The number of rotatable bonds is 5. The maximum atomic E-state index is 12.9. The van der Waals surface area contributed by atoms with Crippen molar-refractivity contribution in [2.45, 2.75) is 139 Å². The molecule has 39 heavy (non-hydrogen) atoms. The lowest BCUT2D eigenvalue weighted by Gasteiger charge is -2.72. The Morgan fingerprint density at radius 2 is 1.49 bits per heavy atom. The predicted molar refractivity (Wildman–Crippen MR) is 156 cm³/mol. The summed E-state index contributed by atoms with van der Waals surface area (Å²) < 4.78 is 6.20. The first-order valence-corrected chi connectivity index (χ1v) is 16.5. The van der Waals surface area contributed by atoms with Crippen LogP contribution in [-0.4, -0.2) is 23.1 Å². The fourth-order valence-electron chi connectivity index (χ4n) is 12.5. The van der Waals surface area contributed by atoms with Gasteiger partial charge in [0, 0.05) is 11.8 Å². The van der Waals surface area contributed by atoms with Gasteiger partial charge >= 0.3 is 11.9 Å². The standard InChI is InChI=1S/C35H58O4/c1-21(2)20-28(36)39-27-14-15-32(7)25(31(27,5)6)13-16-34(9)26(32)11-10-24-29-23(22(3)4)12-17-35(29,30(37)38)19-18-33(24,34)8/h21-27,29H,10-20H2,1-9H3,(H,37,38)/t23-,24+,25-,26+,27-,29+,32-,33+,34+,35-/m0/s1. The molecule has 4 nitrogen and oxygen atoms in total. The van der Waals surface area contributed by atoms with Crippen LogP contribution in [0.15, 0.2) is 0 Å². The minimum absolute atomic E-state index is 0.00857. The molecular weight excluding hydrogens is 484 g/mol. The molecule has 0 aromatic heterocycles. The molecule has 0 aliphatic heterocycles. The van der Waals surface area contributed by atoms with Crippen LogP contribution in [0.2, 0.25) is 0 Å². The highest BCUT2D eigenvalue weighted by Crippen LogP contribution is 2.77. The Morgan fingerprint density at radius 1 is 0.795 bits per heavy atom. The van der Waals surface area contributed by atoms with Crippen LogP contribution in [0, 0.1) is 68.5 Å². The zero-order valence-electron chi connectivity index (χ0n) is 26.6. The van der Waals surface area contributed by atoms with E-state index in [-0.39, 0.29) is 33.7 Å². The van der Waals surface area contributed by atoms with Gasteiger partial charge in [-0.15, -0.1) is 0 Å². The Labute approximate surface area is 238 Å². The first-order valence-electron chi connectivity index (χ1n) is 16.5. The summed E-state index contributed by atoms with van der Waals surface area (Å²) in [6.07, 6.45) is 11.4. The minimum atomic E-state index is -0.507. The average Bonchev–Trinajstić information content (AvgIpc) is 3.22. The van der Waals surface area contributed by atoms with Crippen LogP contribution in [-0.2, 0) is 14.3 Å². The second-order valence-electron chi connectivity index (χ2n) is 17.0. The molecule has 0 spiro atoms. The molecule has 0 radical (unpaired) electrons. The second kappa shape index (κ2) is 9.48. The van der Waals surface area contributed by atoms with Gasteiger partial charge in [-0.1, -0.05) is 62.3 Å². The van der Waals surface area contributed by atoms with E-state index in [0.29, 0.717) is 47.8 Å². The van der Waals surface area contributed by atoms with E-state index < -0.39 is 11.4 Å². The molecule has 1 N–H and O–H groups in total. The van der Waals surface area contributed by atoms with Gasteiger partial charge in [0.05, 0.1) is 5.41 Å². The number of aliphatic carboxylic acids is 1. The third-order valence-corrected chi connectivity index (χ3v) is 14.6. The first kappa shape index (κ1) is 29.4. The molecule has 0 unspecified atom stereocenters. The van der Waals surface area contributed by atoms with Crippen molar-refractivity contribution < 1.29 is 19.4 Å². The lowest BCUT2D eigenvalue weighted by Crippen LogP contribution is -2.67. The Bertz CT molecular complexity index is 983. The maximum absolute atomic E-state index is 12.9. The SMILES string of the molecule is CC(C)CC(=O)O[C@H]1CC[C@]2(C)[C@H]3CC[C@@H]4[C@H]5[C@H](C(C)C)CC[C@]5(C(=O)O)CC[C@@]4(C)[C@]3(C)CC[C@H]2C1(C)C. The van der Waals surface area contributed by atoms with E-state index in [0.717, 1.165) is 38.5 Å². The van der Waals surface area contributed by atoms with Gasteiger partial charge in [-0.25, -0.2) is 0 Å². The van der Waals surface area contributed by atoms with Crippen LogP contribution in [0.4, 0.5) is 0 Å². The number of fused-ring (bicyclic) bond motifs is 7. The zero-order chi connectivity index (χ0) is 28.8. The van der Waals surface area contributed by atoms with Crippen molar-refractivity contribution in [2.24, 2.45) is 68.5 Å². The molecule has 5 fully saturated rings. The molecule has 0 bridgehead atoms. The highest BCUT2D eigenvalue weighted by Gasteiger charge is 2.72. The molecule has 5 rings (SSSR count). The summed E-state index contributed by atoms with van der Waals surface area (Å²) in [6.45, 7) is 21.4. The van der Waals surface area contributed by atoms with E-state index in [1.807, 2.05) is 0 Å². The molecule has 0 aromatic rings. The number of carboxylic acid groups (broad SMARTS) is 1. The van der Waals surface area contributed by atoms with Crippen molar-refractivity contribution >= 4 is 11.9 Å². The van der Waals surface area contributed by atoms with Crippen molar-refractivity contribution in [3.63, 3.8) is 0 Å². The van der Waals surface area contributed by atoms with E-state index in [1.165, 1.54) is 25.7 Å². The summed E-state index contributed by atoms with van der Waals surface area (Å²) >= 11 is 0. The number of esters is 1. The highest BCUT2D eigenvalue weighted by atomic mass is 16.5. The van der Waals surface area contributed by atoms with Crippen molar-refractivity contribution in [3.05, 3.63) is 0 Å². The molecular formula is C35H58O4. The normalized spacial score (nSPS) is 48.6. The van der Waals surface area contributed by atoms with Gasteiger partial charge in [0.1, 0.15) is 6.10 Å². The minimum Gasteiger partial charge on any atom is -0.481 e. The number of carbonyl (C=O) groups is 2. The van der Waals surface area contributed by atoms with E-state index in [4.69, 9.17) is 4.74 Å². The number of carbonyl (C=O) groups excluding carboxylic acids is 1. The number of carboxylic acids is 1.